The number of methoxy groups -OCH3 is 2. The molecule has 0 aliphatic carbocycles. The Hall–Kier alpha value is -0.890. The lowest BCUT2D eigenvalue weighted by Gasteiger charge is -2.17. The Kier molecular flexibility index (Phi) is 5.41. The monoisotopic (exact) mass is 321 g/mol. The van der Waals surface area contributed by atoms with E-state index in [1.165, 1.54) is 0 Å². The standard InChI is InChI=1S/C14H25B2N3O4/c1-20-7-11-8(3-12(15)22-11)5-19-6-9(17-18-19)14-10(21-2)4-13(16)23-14/h6,8,10-14H,3-5,7,15-16H2,1-2H3/t8-,10+,11+,12+,13+,14+/m0/s1. The van der Waals surface area contributed by atoms with Crippen LogP contribution in [-0.4, -0.2) is 75.7 Å². The van der Waals surface area contributed by atoms with Crippen LogP contribution < -0.4 is 0 Å². The molecule has 0 amide bonds. The van der Waals surface area contributed by atoms with E-state index in [9.17, 15) is 0 Å². The molecule has 0 saturated carbocycles. The lowest BCUT2D eigenvalue weighted by atomic mass is 9.91. The summed E-state index contributed by atoms with van der Waals surface area (Å²) in [5, 5.41) is 8.57. The molecule has 3 heterocycles. The molecule has 7 nitrogen and oxygen atoms in total. The van der Waals surface area contributed by atoms with Crippen molar-refractivity contribution < 1.29 is 18.9 Å². The Bertz CT molecular complexity index is 518. The van der Waals surface area contributed by atoms with E-state index in [-0.39, 0.29) is 30.3 Å². The Balaban J connectivity index is 1.65. The first-order valence-electron chi connectivity index (χ1n) is 8.33. The number of ether oxygens (including phenoxy) is 4. The van der Waals surface area contributed by atoms with Gasteiger partial charge in [0.15, 0.2) is 0 Å². The van der Waals surface area contributed by atoms with Crippen LogP contribution >= 0.6 is 0 Å². The van der Waals surface area contributed by atoms with Gasteiger partial charge < -0.3 is 18.9 Å². The summed E-state index contributed by atoms with van der Waals surface area (Å²) in [6.45, 7) is 1.40. The molecule has 0 bridgehead atoms. The summed E-state index contributed by atoms with van der Waals surface area (Å²) in [6, 6.07) is 0.449. The van der Waals surface area contributed by atoms with Crippen LogP contribution in [-0.2, 0) is 25.5 Å². The molecule has 0 unspecified atom stereocenters. The summed E-state index contributed by atoms with van der Waals surface area (Å²) in [5.41, 5.74) is 0.844. The van der Waals surface area contributed by atoms with Crippen molar-refractivity contribution in [1.82, 2.24) is 15.0 Å². The van der Waals surface area contributed by atoms with Gasteiger partial charge in [0.25, 0.3) is 0 Å². The fraction of sp³-hybridized carbons (Fsp3) is 0.857. The largest absolute Gasteiger partial charge is 0.382 e. The van der Waals surface area contributed by atoms with Crippen LogP contribution in [0.15, 0.2) is 6.20 Å². The average Bonchev–Trinajstić information content (AvgIpc) is 3.19. The van der Waals surface area contributed by atoms with Crippen LogP contribution in [0.3, 0.4) is 0 Å². The Morgan fingerprint density at radius 3 is 2.78 bits per heavy atom. The van der Waals surface area contributed by atoms with Crippen molar-refractivity contribution >= 4 is 15.7 Å². The molecule has 3 rings (SSSR count). The molecular weight excluding hydrogens is 296 g/mol. The molecule has 0 N–H and O–H groups in total. The Morgan fingerprint density at radius 2 is 2.04 bits per heavy atom. The van der Waals surface area contributed by atoms with E-state index < -0.39 is 0 Å². The lowest BCUT2D eigenvalue weighted by molar-refractivity contribution is 0.00571. The molecule has 2 fully saturated rings. The van der Waals surface area contributed by atoms with Gasteiger partial charge in [0.1, 0.15) is 27.5 Å². The van der Waals surface area contributed by atoms with E-state index in [4.69, 9.17) is 18.9 Å². The first-order chi connectivity index (χ1) is 11.1. The smallest absolute Gasteiger partial charge is 0.139 e. The van der Waals surface area contributed by atoms with Crippen LogP contribution in [0.2, 0.25) is 0 Å². The Morgan fingerprint density at radius 1 is 1.26 bits per heavy atom. The molecule has 126 valence electrons. The fourth-order valence-corrected chi connectivity index (χ4v) is 3.67. The number of aromatic nitrogens is 3. The summed E-state index contributed by atoms with van der Waals surface area (Å²) in [7, 11) is 7.59. The highest BCUT2D eigenvalue weighted by Crippen LogP contribution is 2.33. The number of hydrogen-bond donors (Lipinski definition) is 0. The molecule has 0 spiro atoms. The maximum absolute atomic E-state index is 5.93. The van der Waals surface area contributed by atoms with Crippen LogP contribution in [0.5, 0.6) is 0 Å². The molecule has 0 radical (unpaired) electrons. The first kappa shape index (κ1) is 16.9. The van der Waals surface area contributed by atoms with Crippen molar-refractivity contribution in [2.45, 2.75) is 49.7 Å². The number of hydrogen-bond acceptors (Lipinski definition) is 6. The molecule has 2 aliphatic heterocycles. The zero-order valence-electron chi connectivity index (χ0n) is 14.3. The summed E-state index contributed by atoms with van der Waals surface area (Å²) in [6.07, 6.45) is 3.92. The third-order valence-corrected chi connectivity index (χ3v) is 4.75. The second-order valence-electron chi connectivity index (χ2n) is 6.68. The Labute approximate surface area is 138 Å². The molecule has 1 aromatic heterocycles. The second-order valence-corrected chi connectivity index (χ2v) is 6.68. The quantitative estimate of drug-likeness (QED) is 0.609. The average molecular weight is 321 g/mol. The molecule has 2 saturated heterocycles. The van der Waals surface area contributed by atoms with E-state index in [0.717, 1.165) is 25.1 Å². The van der Waals surface area contributed by atoms with Crippen molar-refractivity contribution in [3.8, 4) is 0 Å². The molecule has 23 heavy (non-hydrogen) atoms. The molecular formula is C14H25B2N3O4. The van der Waals surface area contributed by atoms with E-state index in [2.05, 4.69) is 26.0 Å². The third kappa shape index (κ3) is 3.79. The van der Waals surface area contributed by atoms with Crippen molar-refractivity contribution in [3.63, 3.8) is 0 Å². The van der Waals surface area contributed by atoms with E-state index in [1.807, 2.05) is 10.9 Å². The van der Waals surface area contributed by atoms with Crippen molar-refractivity contribution in [1.29, 1.82) is 0 Å². The van der Waals surface area contributed by atoms with Gasteiger partial charge in [0.2, 0.25) is 0 Å². The van der Waals surface area contributed by atoms with Crippen molar-refractivity contribution in [3.05, 3.63) is 11.9 Å². The highest BCUT2D eigenvalue weighted by atomic mass is 16.6. The number of nitrogens with zero attached hydrogens (tertiary/aromatic N) is 3. The van der Waals surface area contributed by atoms with Gasteiger partial charge in [-0.1, -0.05) is 5.21 Å². The molecule has 2 aliphatic rings. The predicted molar refractivity (Wildman–Crippen MR) is 88.8 cm³/mol. The van der Waals surface area contributed by atoms with Gasteiger partial charge in [-0.25, -0.2) is 0 Å². The van der Waals surface area contributed by atoms with Gasteiger partial charge in [0.05, 0.1) is 25.0 Å². The second kappa shape index (κ2) is 7.34. The molecule has 9 heteroatoms. The zero-order chi connectivity index (χ0) is 16.4. The maximum atomic E-state index is 5.93. The van der Waals surface area contributed by atoms with Crippen molar-refractivity contribution in [2.75, 3.05) is 20.8 Å². The molecule has 6 atom stereocenters. The van der Waals surface area contributed by atoms with E-state index in [1.54, 1.807) is 14.2 Å². The van der Waals surface area contributed by atoms with E-state index in [0.29, 0.717) is 12.5 Å². The van der Waals surface area contributed by atoms with Crippen LogP contribution in [0, 0.1) is 5.92 Å². The zero-order valence-corrected chi connectivity index (χ0v) is 14.3. The summed E-state index contributed by atoms with van der Waals surface area (Å²) < 4.78 is 24.5. The predicted octanol–water partition coefficient (Wildman–Crippen LogP) is -1.28. The minimum absolute atomic E-state index is 0.0474. The van der Waals surface area contributed by atoms with Gasteiger partial charge in [-0.15, -0.1) is 5.10 Å². The van der Waals surface area contributed by atoms with Gasteiger partial charge in [-0.2, -0.15) is 0 Å². The normalized spacial score (nSPS) is 37.5. The highest BCUT2D eigenvalue weighted by Gasteiger charge is 2.37. The minimum atomic E-state index is -0.128. The first-order valence-corrected chi connectivity index (χ1v) is 8.33. The molecule has 0 aromatic carbocycles. The SMILES string of the molecule is B[C@H]1C[C@@H](OC)[C@@H](c2cn(C[C@@H]3C[C@H](B)O[C@@H]3COC)nn2)O1. The summed E-state index contributed by atoms with van der Waals surface area (Å²) in [4.78, 5) is 0. The summed E-state index contributed by atoms with van der Waals surface area (Å²) in [5.74, 6) is 0.390. The number of rotatable bonds is 6. The van der Waals surface area contributed by atoms with Crippen LogP contribution in [0.25, 0.3) is 0 Å². The fourth-order valence-electron chi connectivity index (χ4n) is 3.67. The maximum Gasteiger partial charge on any atom is 0.139 e. The minimum Gasteiger partial charge on any atom is -0.382 e. The highest BCUT2D eigenvalue weighted by molar-refractivity contribution is 6.11. The lowest BCUT2D eigenvalue weighted by Crippen LogP contribution is -2.25. The topological polar surface area (TPSA) is 67.6 Å². The van der Waals surface area contributed by atoms with Crippen LogP contribution in [0.1, 0.15) is 24.6 Å². The van der Waals surface area contributed by atoms with Crippen molar-refractivity contribution in [2.24, 2.45) is 5.92 Å². The van der Waals surface area contributed by atoms with Gasteiger partial charge in [0, 0.05) is 38.7 Å². The van der Waals surface area contributed by atoms with Gasteiger partial charge >= 0.3 is 0 Å². The molecule has 1 aromatic rings. The third-order valence-electron chi connectivity index (χ3n) is 4.75. The van der Waals surface area contributed by atoms with Crippen LogP contribution in [0.4, 0.5) is 0 Å². The van der Waals surface area contributed by atoms with Gasteiger partial charge in [-0.3, -0.25) is 4.68 Å². The van der Waals surface area contributed by atoms with Gasteiger partial charge in [-0.05, 0) is 12.8 Å². The summed E-state index contributed by atoms with van der Waals surface area (Å²) >= 11 is 0. The van der Waals surface area contributed by atoms with E-state index >= 15 is 0 Å².